The van der Waals surface area contributed by atoms with Gasteiger partial charge in [0.05, 0.1) is 0 Å². The minimum atomic E-state index is -4.80. The Hall–Kier alpha value is -2.61. The SMILES string of the molecule is CC(Nc1nc(N[C@H](C)C(F)(F)F)nc(C2=C(F)C(=O)C(F)(F)CC2)n1)C(F)(F)F. The summed E-state index contributed by atoms with van der Waals surface area (Å²) in [5.41, 5.74) is -0.779. The largest absolute Gasteiger partial charge is 0.408 e. The number of rotatable bonds is 5. The van der Waals surface area contributed by atoms with E-state index in [0.717, 1.165) is 0 Å². The molecule has 0 bridgehead atoms. The minimum Gasteiger partial charge on any atom is -0.343 e. The number of allylic oxidation sites excluding steroid dienone is 2. The molecule has 6 nitrogen and oxygen atoms in total. The van der Waals surface area contributed by atoms with Gasteiger partial charge in [-0.05, 0) is 20.3 Å². The number of carbonyl (C=O) groups excluding carboxylic acids is 1. The first-order valence-electron chi connectivity index (χ1n) is 8.26. The van der Waals surface area contributed by atoms with Crippen molar-refractivity contribution < 1.29 is 44.3 Å². The predicted octanol–water partition coefficient (Wildman–Crippen LogP) is 4.28. The Morgan fingerprint density at radius 1 is 0.900 bits per heavy atom. The lowest BCUT2D eigenvalue weighted by molar-refractivity contribution is -0.142. The van der Waals surface area contributed by atoms with Crippen LogP contribution >= 0.6 is 0 Å². The summed E-state index contributed by atoms with van der Waals surface area (Å²) in [5.74, 6) is -10.8. The van der Waals surface area contributed by atoms with Crippen LogP contribution in [0.4, 0.5) is 51.4 Å². The zero-order valence-electron chi connectivity index (χ0n) is 15.2. The number of aromatic nitrogens is 3. The Labute approximate surface area is 163 Å². The number of hydrogen-bond donors (Lipinski definition) is 2. The van der Waals surface area contributed by atoms with Gasteiger partial charge < -0.3 is 10.6 Å². The molecule has 0 saturated heterocycles. The summed E-state index contributed by atoms with van der Waals surface area (Å²) >= 11 is 0. The maximum atomic E-state index is 14.1. The number of halogens is 9. The average Bonchev–Trinajstić information content (AvgIpc) is 2.58. The first-order valence-corrected chi connectivity index (χ1v) is 8.26. The Kier molecular flexibility index (Phi) is 6.24. The van der Waals surface area contributed by atoms with E-state index in [4.69, 9.17) is 0 Å². The molecular weight excluding hydrogens is 437 g/mol. The second kappa shape index (κ2) is 7.91. The van der Waals surface area contributed by atoms with E-state index >= 15 is 0 Å². The van der Waals surface area contributed by atoms with Crippen molar-refractivity contribution in [2.45, 2.75) is 57.0 Å². The lowest BCUT2D eigenvalue weighted by Gasteiger charge is -2.23. The number of carbonyl (C=O) groups is 1. The van der Waals surface area contributed by atoms with Gasteiger partial charge in [-0.1, -0.05) is 0 Å². The highest BCUT2D eigenvalue weighted by Crippen LogP contribution is 2.38. The van der Waals surface area contributed by atoms with E-state index in [1.165, 1.54) is 0 Å². The van der Waals surface area contributed by atoms with Gasteiger partial charge in [0.2, 0.25) is 11.9 Å². The van der Waals surface area contributed by atoms with E-state index in [1.807, 2.05) is 0 Å². The highest BCUT2D eigenvalue weighted by molar-refractivity contribution is 6.05. The van der Waals surface area contributed by atoms with E-state index in [1.54, 1.807) is 10.6 Å². The van der Waals surface area contributed by atoms with Crippen molar-refractivity contribution >= 4 is 23.3 Å². The van der Waals surface area contributed by atoms with Crippen LogP contribution in [0.3, 0.4) is 0 Å². The van der Waals surface area contributed by atoms with E-state index < -0.39 is 78.1 Å². The average molecular weight is 451 g/mol. The molecule has 1 aromatic rings. The number of ketones is 1. The molecule has 1 aliphatic carbocycles. The van der Waals surface area contributed by atoms with Gasteiger partial charge >= 0.3 is 18.3 Å². The molecular formula is C15H14F9N5O. The minimum absolute atomic E-state index is 0.652. The van der Waals surface area contributed by atoms with Crippen molar-refractivity contribution in [2.24, 2.45) is 0 Å². The molecule has 0 fully saturated rings. The third-order valence-electron chi connectivity index (χ3n) is 4.06. The lowest BCUT2D eigenvalue weighted by Crippen LogP contribution is -2.36. The molecule has 0 amide bonds. The van der Waals surface area contributed by atoms with E-state index in [0.29, 0.717) is 13.8 Å². The molecule has 2 rings (SSSR count). The van der Waals surface area contributed by atoms with Gasteiger partial charge in [-0.3, -0.25) is 4.79 Å². The first kappa shape index (κ1) is 23.7. The topological polar surface area (TPSA) is 79.8 Å². The van der Waals surface area contributed by atoms with Crippen LogP contribution in [0.15, 0.2) is 5.83 Å². The third-order valence-corrected chi connectivity index (χ3v) is 4.06. The summed E-state index contributed by atoms with van der Waals surface area (Å²) in [6.45, 7) is 1.30. The summed E-state index contributed by atoms with van der Waals surface area (Å²) in [6.07, 6.45) is -11.5. The quantitative estimate of drug-likeness (QED) is 0.651. The molecule has 0 aliphatic heterocycles. The predicted molar refractivity (Wildman–Crippen MR) is 85.3 cm³/mol. The molecule has 0 spiro atoms. The van der Waals surface area contributed by atoms with Crippen molar-refractivity contribution in [1.29, 1.82) is 0 Å². The number of anilines is 2. The van der Waals surface area contributed by atoms with Gasteiger partial charge in [0.25, 0.3) is 5.78 Å². The first-order chi connectivity index (χ1) is 13.5. The van der Waals surface area contributed by atoms with Crippen LogP contribution in [-0.2, 0) is 4.79 Å². The van der Waals surface area contributed by atoms with Crippen LogP contribution in [0.5, 0.6) is 0 Å². The Morgan fingerprint density at radius 3 is 1.73 bits per heavy atom. The van der Waals surface area contributed by atoms with Gasteiger partial charge in [-0.2, -0.15) is 50.1 Å². The van der Waals surface area contributed by atoms with Crippen LogP contribution in [0, 0.1) is 0 Å². The zero-order valence-corrected chi connectivity index (χ0v) is 15.2. The van der Waals surface area contributed by atoms with Crippen LogP contribution in [0.25, 0.3) is 5.57 Å². The van der Waals surface area contributed by atoms with E-state index in [9.17, 15) is 44.3 Å². The van der Waals surface area contributed by atoms with Crippen LogP contribution < -0.4 is 10.6 Å². The Morgan fingerprint density at radius 2 is 1.33 bits per heavy atom. The molecule has 1 aromatic heterocycles. The normalized spacial score (nSPS) is 19.5. The second-order valence-electron chi connectivity index (χ2n) is 6.45. The van der Waals surface area contributed by atoms with Gasteiger partial charge in [0.1, 0.15) is 12.1 Å². The fraction of sp³-hybridized carbons (Fsp3) is 0.600. The van der Waals surface area contributed by atoms with Crippen molar-refractivity contribution in [3.63, 3.8) is 0 Å². The molecule has 1 aliphatic rings. The number of alkyl halides is 8. The lowest BCUT2D eigenvalue weighted by atomic mass is 9.93. The van der Waals surface area contributed by atoms with Crippen molar-refractivity contribution in [3.8, 4) is 0 Å². The summed E-state index contributed by atoms with van der Waals surface area (Å²) in [7, 11) is 0. The number of Topliss-reactive ketones (excluding diaryl/α,β-unsaturated/α-hetero) is 1. The van der Waals surface area contributed by atoms with Gasteiger partial charge in [0.15, 0.2) is 11.7 Å². The van der Waals surface area contributed by atoms with Crippen molar-refractivity contribution in [2.75, 3.05) is 10.6 Å². The van der Waals surface area contributed by atoms with E-state index in [-0.39, 0.29) is 0 Å². The number of nitrogens with one attached hydrogen (secondary N) is 2. The maximum absolute atomic E-state index is 14.1. The molecule has 1 heterocycles. The molecule has 15 heteroatoms. The third kappa shape index (κ3) is 5.30. The summed E-state index contributed by atoms with van der Waals surface area (Å²) in [4.78, 5) is 21.7. The molecule has 2 N–H and O–H groups in total. The highest BCUT2D eigenvalue weighted by atomic mass is 19.4. The summed E-state index contributed by atoms with van der Waals surface area (Å²) in [6, 6.07) is -4.53. The monoisotopic (exact) mass is 451 g/mol. The summed E-state index contributed by atoms with van der Waals surface area (Å²) < 4.78 is 117. The second-order valence-corrected chi connectivity index (χ2v) is 6.45. The van der Waals surface area contributed by atoms with Crippen LogP contribution in [-0.4, -0.2) is 51.1 Å². The van der Waals surface area contributed by atoms with Crippen molar-refractivity contribution in [1.82, 2.24) is 15.0 Å². The van der Waals surface area contributed by atoms with Crippen LogP contribution in [0.1, 0.15) is 32.5 Å². The molecule has 0 aromatic carbocycles. The van der Waals surface area contributed by atoms with Gasteiger partial charge in [-0.25, -0.2) is 4.39 Å². The zero-order chi connectivity index (χ0) is 23.1. The summed E-state index contributed by atoms with van der Waals surface area (Å²) in [5, 5.41) is 3.54. The number of hydrogen-bond acceptors (Lipinski definition) is 6. The number of nitrogens with zero attached hydrogens (tertiary/aromatic N) is 3. The maximum Gasteiger partial charge on any atom is 0.408 e. The molecule has 0 radical (unpaired) electrons. The molecule has 0 saturated carbocycles. The van der Waals surface area contributed by atoms with E-state index in [2.05, 4.69) is 15.0 Å². The fourth-order valence-corrected chi connectivity index (χ4v) is 2.20. The smallest absolute Gasteiger partial charge is 0.343 e. The Balaban J connectivity index is 2.51. The standard InChI is InChI=1S/C15H14F9N5O/c1-5(14(19,20)21)25-11-27-10(7-3-4-13(17,18)9(30)8(7)16)28-12(29-11)26-6(2)15(22,23)24/h5-6H,3-4H2,1-2H3,(H2,25,26,27,28,29)/t5-,6?/m1/s1. The van der Waals surface area contributed by atoms with Crippen LogP contribution in [0.2, 0.25) is 0 Å². The van der Waals surface area contributed by atoms with Gasteiger partial charge in [0, 0.05) is 12.0 Å². The molecule has 168 valence electrons. The van der Waals surface area contributed by atoms with Gasteiger partial charge in [-0.15, -0.1) is 0 Å². The highest BCUT2D eigenvalue weighted by Gasteiger charge is 2.46. The van der Waals surface area contributed by atoms with Crippen molar-refractivity contribution in [3.05, 3.63) is 11.7 Å². The molecule has 2 atom stereocenters. The Bertz CT molecular complexity index is 810. The fourth-order valence-electron chi connectivity index (χ4n) is 2.20. The molecule has 30 heavy (non-hydrogen) atoms. The molecule has 1 unspecified atom stereocenters.